The van der Waals surface area contributed by atoms with Crippen molar-refractivity contribution in [2.24, 2.45) is 0 Å². The van der Waals surface area contributed by atoms with Crippen molar-refractivity contribution < 1.29 is 19.2 Å². The van der Waals surface area contributed by atoms with Crippen LogP contribution in [0.3, 0.4) is 0 Å². The Bertz CT molecular complexity index is 1080. The number of benzene rings is 2. The molecule has 0 saturated carbocycles. The summed E-state index contributed by atoms with van der Waals surface area (Å²) in [7, 11) is 0. The maximum Gasteiger partial charge on any atom is 0.270 e. The van der Waals surface area contributed by atoms with Gasteiger partial charge in [0.25, 0.3) is 17.5 Å². The number of hydrogen-bond acceptors (Lipinski definition) is 7. The number of non-ortho nitro benzene ring substituents is 1. The molecule has 0 bridgehead atoms. The Morgan fingerprint density at radius 2 is 1.81 bits per heavy atom. The van der Waals surface area contributed by atoms with Gasteiger partial charge in [-0.15, -0.1) is 11.3 Å². The van der Waals surface area contributed by atoms with Crippen LogP contribution in [0.2, 0.25) is 0 Å². The minimum Gasteiger partial charge on any atom is -0.486 e. The van der Waals surface area contributed by atoms with Crippen LogP contribution in [0.1, 0.15) is 31.4 Å². The highest BCUT2D eigenvalue weighted by Crippen LogP contribution is 2.16. The van der Waals surface area contributed by atoms with Crippen LogP contribution in [0.15, 0.2) is 53.9 Å². The number of aromatic nitrogens is 1. The molecule has 1 heterocycles. The Balaban J connectivity index is 1.41. The van der Waals surface area contributed by atoms with Crippen molar-refractivity contribution in [3.05, 3.63) is 85.9 Å². The highest BCUT2D eigenvalue weighted by Gasteiger charge is 2.13. The number of carbonyl (C=O) groups excluding carboxylic acids is 2. The quantitative estimate of drug-likeness (QED) is 0.299. The van der Waals surface area contributed by atoms with Crippen molar-refractivity contribution in [3.8, 4) is 5.75 Å². The molecule has 0 aliphatic rings. The highest BCUT2D eigenvalue weighted by molar-refractivity contribution is 7.09. The van der Waals surface area contributed by atoms with Gasteiger partial charge >= 0.3 is 0 Å². The lowest BCUT2D eigenvalue weighted by molar-refractivity contribution is -0.384. The van der Waals surface area contributed by atoms with Gasteiger partial charge in [-0.05, 0) is 25.1 Å². The van der Waals surface area contributed by atoms with Crippen LogP contribution in [0.25, 0.3) is 0 Å². The highest BCUT2D eigenvalue weighted by atomic mass is 32.1. The molecule has 0 fully saturated rings. The lowest BCUT2D eigenvalue weighted by Crippen LogP contribution is -2.34. The molecule has 2 aromatic carbocycles. The number of nitro groups is 1. The first kappa shape index (κ1) is 21.9. The predicted octanol–water partition coefficient (Wildman–Crippen LogP) is 3.10. The van der Waals surface area contributed by atoms with Gasteiger partial charge in [-0.3, -0.25) is 19.7 Å². The molecular weight excluding hydrogens is 420 g/mol. The van der Waals surface area contributed by atoms with E-state index in [0.29, 0.717) is 5.01 Å². The number of aryl methyl sites for hydroxylation is 1. The molecule has 160 valence electrons. The Hall–Kier alpha value is -3.79. The first-order chi connectivity index (χ1) is 14.9. The molecular formula is C21H20N4O5S. The second kappa shape index (κ2) is 10.3. The van der Waals surface area contributed by atoms with Gasteiger partial charge in [0.05, 0.1) is 4.92 Å². The smallest absolute Gasteiger partial charge is 0.270 e. The Morgan fingerprint density at radius 3 is 2.52 bits per heavy atom. The zero-order chi connectivity index (χ0) is 22.2. The molecule has 0 atom stereocenters. The minimum atomic E-state index is -0.565. The average molecular weight is 440 g/mol. The zero-order valence-corrected chi connectivity index (χ0v) is 17.5. The zero-order valence-electron chi connectivity index (χ0n) is 16.7. The van der Waals surface area contributed by atoms with E-state index in [1.807, 2.05) is 31.2 Å². The number of rotatable bonds is 9. The largest absolute Gasteiger partial charge is 0.486 e. The fourth-order valence-corrected chi connectivity index (χ4v) is 3.25. The van der Waals surface area contributed by atoms with E-state index < -0.39 is 10.8 Å². The van der Waals surface area contributed by atoms with E-state index in [4.69, 9.17) is 4.74 Å². The number of hydrogen-bond donors (Lipinski definition) is 2. The number of nitrogens with zero attached hydrogens (tertiary/aromatic N) is 2. The molecule has 0 aliphatic carbocycles. The Labute approximate surface area is 182 Å². The van der Waals surface area contributed by atoms with Crippen LogP contribution < -0.4 is 15.4 Å². The van der Waals surface area contributed by atoms with Crippen LogP contribution in [-0.2, 0) is 6.61 Å². The summed E-state index contributed by atoms with van der Waals surface area (Å²) in [6.45, 7) is 2.61. The van der Waals surface area contributed by atoms with Crippen LogP contribution >= 0.6 is 11.3 Å². The lowest BCUT2D eigenvalue weighted by atomic mass is 10.2. The van der Waals surface area contributed by atoms with Crippen molar-refractivity contribution in [1.82, 2.24) is 15.6 Å². The van der Waals surface area contributed by atoms with E-state index in [-0.39, 0.29) is 42.5 Å². The average Bonchev–Trinajstić information content (AvgIpc) is 3.25. The molecule has 3 aromatic rings. The van der Waals surface area contributed by atoms with E-state index in [2.05, 4.69) is 15.6 Å². The van der Waals surface area contributed by atoms with Crippen molar-refractivity contribution in [1.29, 1.82) is 0 Å². The molecule has 1 aromatic heterocycles. The number of nitro benzene ring substituents is 1. The first-order valence-corrected chi connectivity index (χ1v) is 10.2. The molecule has 2 N–H and O–H groups in total. The summed E-state index contributed by atoms with van der Waals surface area (Å²) >= 11 is 1.32. The molecule has 31 heavy (non-hydrogen) atoms. The van der Waals surface area contributed by atoms with E-state index in [1.165, 1.54) is 35.6 Å². The molecule has 0 spiro atoms. The fraction of sp³-hybridized carbons (Fsp3) is 0.190. The SMILES string of the molecule is Cc1ccc(OCc2nc(C(=O)NCCNC(=O)c3cccc([N+](=O)[O-])c3)cs2)cc1. The molecule has 0 aliphatic heterocycles. The van der Waals surface area contributed by atoms with Gasteiger partial charge in [0.2, 0.25) is 0 Å². The standard InChI is InChI=1S/C21H20N4O5S/c1-14-5-7-17(8-6-14)30-12-19-24-18(13-31-19)21(27)23-10-9-22-20(26)15-3-2-4-16(11-15)25(28)29/h2-8,11,13H,9-10,12H2,1H3,(H,22,26)(H,23,27). The van der Waals surface area contributed by atoms with Gasteiger partial charge in [0.1, 0.15) is 23.1 Å². The minimum absolute atomic E-state index is 0.161. The molecule has 9 nitrogen and oxygen atoms in total. The van der Waals surface area contributed by atoms with Gasteiger partial charge < -0.3 is 15.4 Å². The normalized spacial score (nSPS) is 10.4. The van der Waals surface area contributed by atoms with Crippen LogP contribution in [0, 0.1) is 17.0 Å². The van der Waals surface area contributed by atoms with E-state index in [9.17, 15) is 19.7 Å². The number of nitrogens with one attached hydrogen (secondary N) is 2. The summed E-state index contributed by atoms with van der Waals surface area (Å²) in [6, 6.07) is 13.1. The summed E-state index contributed by atoms with van der Waals surface area (Å²) < 4.78 is 5.66. The third-order valence-electron chi connectivity index (χ3n) is 4.18. The van der Waals surface area contributed by atoms with Crippen molar-refractivity contribution in [2.75, 3.05) is 13.1 Å². The fourth-order valence-electron chi connectivity index (χ4n) is 2.57. The number of amides is 2. The van der Waals surface area contributed by atoms with Gasteiger partial charge in [-0.2, -0.15) is 0 Å². The number of thiazole rings is 1. The monoisotopic (exact) mass is 440 g/mol. The van der Waals surface area contributed by atoms with Gasteiger partial charge in [0.15, 0.2) is 0 Å². The summed E-state index contributed by atoms with van der Waals surface area (Å²) in [6.07, 6.45) is 0. The van der Waals surface area contributed by atoms with E-state index >= 15 is 0 Å². The molecule has 2 amide bonds. The predicted molar refractivity (Wildman–Crippen MR) is 115 cm³/mol. The van der Waals surface area contributed by atoms with Crippen LogP contribution in [-0.4, -0.2) is 34.8 Å². The third-order valence-corrected chi connectivity index (χ3v) is 5.01. The van der Waals surface area contributed by atoms with Crippen LogP contribution in [0.4, 0.5) is 5.69 Å². The Kier molecular flexibility index (Phi) is 7.28. The topological polar surface area (TPSA) is 123 Å². The van der Waals surface area contributed by atoms with Gasteiger partial charge in [0, 0.05) is 36.2 Å². The molecule has 3 rings (SSSR count). The third kappa shape index (κ3) is 6.34. The molecule has 0 unspecified atom stereocenters. The van der Waals surface area contributed by atoms with Crippen molar-refractivity contribution in [2.45, 2.75) is 13.5 Å². The van der Waals surface area contributed by atoms with E-state index in [0.717, 1.165) is 11.3 Å². The van der Waals surface area contributed by atoms with E-state index in [1.54, 1.807) is 5.38 Å². The first-order valence-electron chi connectivity index (χ1n) is 9.37. The van der Waals surface area contributed by atoms with Crippen molar-refractivity contribution in [3.63, 3.8) is 0 Å². The summed E-state index contributed by atoms with van der Waals surface area (Å²) in [5, 5.41) is 18.4. The second-order valence-corrected chi connectivity index (χ2v) is 7.49. The summed E-state index contributed by atoms with van der Waals surface area (Å²) in [5.74, 6) is -0.0872. The van der Waals surface area contributed by atoms with Gasteiger partial charge in [-0.25, -0.2) is 4.98 Å². The summed E-state index contributed by atoms with van der Waals surface area (Å²) in [5.41, 5.74) is 1.43. The summed E-state index contributed by atoms with van der Waals surface area (Å²) in [4.78, 5) is 38.8. The lowest BCUT2D eigenvalue weighted by Gasteiger charge is -2.06. The number of carbonyl (C=O) groups is 2. The van der Waals surface area contributed by atoms with Gasteiger partial charge in [-0.1, -0.05) is 23.8 Å². The van der Waals surface area contributed by atoms with Crippen molar-refractivity contribution >= 4 is 28.8 Å². The maximum atomic E-state index is 12.2. The Morgan fingerprint density at radius 1 is 1.10 bits per heavy atom. The second-order valence-electron chi connectivity index (χ2n) is 6.55. The molecule has 0 radical (unpaired) electrons. The number of ether oxygens (including phenoxy) is 1. The maximum absolute atomic E-state index is 12.2. The molecule has 0 saturated heterocycles. The van der Waals surface area contributed by atoms with Crippen LogP contribution in [0.5, 0.6) is 5.75 Å². The molecule has 10 heteroatoms.